The summed E-state index contributed by atoms with van der Waals surface area (Å²) in [6.07, 6.45) is 3.97. The highest BCUT2D eigenvalue weighted by atomic mass is 35.5. The van der Waals surface area contributed by atoms with Gasteiger partial charge >= 0.3 is 5.97 Å². The van der Waals surface area contributed by atoms with E-state index in [1.54, 1.807) is 12.1 Å². The lowest BCUT2D eigenvalue weighted by Gasteiger charge is -2.35. The van der Waals surface area contributed by atoms with Crippen molar-refractivity contribution in [1.29, 1.82) is 0 Å². The summed E-state index contributed by atoms with van der Waals surface area (Å²) in [6.45, 7) is 0.512. The molecule has 2 aliphatic rings. The minimum Gasteiger partial charge on any atom is -0.478 e. The van der Waals surface area contributed by atoms with Crippen LogP contribution in [0, 0.1) is 0 Å². The van der Waals surface area contributed by atoms with Crippen molar-refractivity contribution < 1.29 is 24.2 Å². The summed E-state index contributed by atoms with van der Waals surface area (Å²) in [7, 11) is 0. The first-order valence-electron chi connectivity index (χ1n) is 11.5. The van der Waals surface area contributed by atoms with Crippen molar-refractivity contribution in [2.24, 2.45) is 0 Å². The number of nitrogens with zero attached hydrogens (tertiary/aromatic N) is 1. The molecule has 2 aliphatic heterocycles. The normalized spacial score (nSPS) is 16.6. The van der Waals surface area contributed by atoms with Gasteiger partial charge in [0.2, 0.25) is 12.7 Å². The molecule has 0 radical (unpaired) electrons. The van der Waals surface area contributed by atoms with Crippen LogP contribution < -0.4 is 9.47 Å². The van der Waals surface area contributed by atoms with Gasteiger partial charge in [-0.1, -0.05) is 54.1 Å². The van der Waals surface area contributed by atoms with Crippen LogP contribution in [0.1, 0.15) is 38.8 Å². The van der Waals surface area contributed by atoms with E-state index in [4.69, 9.17) is 26.2 Å². The number of aromatic amines is 1. The number of carbonyl (C=O) groups is 2. The van der Waals surface area contributed by atoms with Crippen molar-refractivity contribution in [1.82, 2.24) is 9.88 Å². The predicted octanol–water partition coefficient (Wildman–Crippen LogP) is 5.44. The second kappa shape index (κ2) is 8.77. The molecule has 4 aromatic rings. The Morgan fingerprint density at radius 3 is 2.78 bits per heavy atom. The highest BCUT2D eigenvalue weighted by Crippen LogP contribution is 2.42. The van der Waals surface area contributed by atoms with E-state index in [9.17, 15) is 9.59 Å². The van der Waals surface area contributed by atoms with E-state index in [1.807, 2.05) is 53.4 Å². The van der Waals surface area contributed by atoms with E-state index < -0.39 is 5.97 Å². The summed E-state index contributed by atoms with van der Waals surface area (Å²) >= 11 is 6.29. The largest absolute Gasteiger partial charge is 0.478 e. The fourth-order valence-electron chi connectivity index (χ4n) is 4.92. The molecular weight excluding hydrogens is 480 g/mol. The monoisotopic (exact) mass is 500 g/mol. The topological polar surface area (TPSA) is 91.9 Å². The lowest BCUT2D eigenvalue weighted by atomic mass is 9.91. The van der Waals surface area contributed by atoms with Gasteiger partial charge in [-0.2, -0.15) is 0 Å². The Morgan fingerprint density at radius 1 is 1.11 bits per heavy atom. The molecule has 0 aliphatic carbocycles. The van der Waals surface area contributed by atoms with Crippen molar-refractivity contribution in [2.45, 2.75) is 12.5 Å². The molecule has 1 amide bonds. The number of H-pyrrole nitrogens is 1. The Morgan fingerprint density at radius 2 is 1.94 bits per heavy atom. The summed E-state index contributed by atoms with van der Waals surface area (Å²) in [6, 6.07) is 18.0. The molecule has 3 aromatic carbocycles. The SMILES string of the molecule is O=C(O)c1ccc(C=CCN2C(=O)Cc3c([nH]c4ccccc34)C2c2ccc3c(c2)OCO3)c(Cl)c1. The van der Waals surface area contributed by atoms with E-state index in [1.165, 1.54) is 12.1 Å². The maximum absolute atomic E-state index is 13.5. The van der Waals surface area contributed by atoms with Gasteiger partial charge in [0.25, 0.3) is 0 Å². The number of carboxylic acid groups (broad SMARTS) is 1. The van der Waals surface area contributed by atoms with Crippen LogP contribution in [-0.2, 0) is 11.2 Å². The number of hydrogen-bond donors (Lipinski definition) is 2. The van der Waals surface area contributed by atoms with Crippen LogP contribution >= 0.6 is 11.6 Å². The zero-order valence-electron chi connectivity index (χ0n) is 19.0. The second-order valence-corrected chi connectivity index (χ2v) is 9.15. The van der Waals surface area contributed by atoms with Crippen LogP contribution in [0.2, 0.25) is 5.02 Å². The first kappa shape index (κ1) is 22.2. The molecule has 3 heterocycles. The summed E-state index contributed by atoms with van der Waals surface area (Å²) in [4.78, 5) is 30.0. The quantitative estimate of drug-likeness (QED) is 0.381. The van der Waals surface area contributed by atoms with Crippen LogP contribution in [-0.4, -0.2) is 40.2 Å². The molecule has 1 unspecified atom stereocenters. The zero-order valence-corrected chi connectivity index (χ0v) is 19.8. The van der Waals surface area contributed by atoms with Gasteiger partial charge in [-0.3, -0.25) is 4.79 Å². The number of carbonyl (C=O) groups excluding carboxylic acids is 1. The fourth-order valence-corrected chi connectivity index (χ4v) is 5.17. The molecule has 0 saturated carbocycles. The fraction of sp³-hybridized carbons (Fsp3) is 0.143. The molecule has 6 rings (SSSR count). The molecule has 0 saturated heterocycles. The van der Waals surface area contributed by atoms with Gasteiger partial charge in [0, 0.05) is 28.2 Å². The third-order valence-electron chi connectivity index (χ3n) is 6.64. The van der Waals surface area contributed by atoms with Crippen molar-refractivity contribution >= 4 is 40.5 Å². The molecule has 8 heteroatoms. The number of ether oxygens (including phenoxy) is 2. The van der Waals surface area contributed by atoms with E-state index in [0.717, 1.165) is 27.7 Å². The number of benzene rings is 3. The van der Waals surface area contributed by atoms with Crippen LogP contribution in [0.15, 0.2) is 66.7 Å². The van der Waals surface area contributed by atoms with Crippen molar-refractivity contribution in [2.75, 3.05) is 13.3 Å². The van der Waals surface area contributed by atoms with Crippen molar-refractivity contribution in [3.63, 3.8) is 0 Å². The van der Waals surface area contributed by atoms with Crippen molar-refractivity contribution in [3.8, 4) is 11.5 Å². The van der Waals surface area contributed by atoms with E-state index in [-0.39, 0.29) is 24.3 Å². The second-order valence-electron chi connectivity index (χ2n) is 8.74. The van der Waals surface area contributed by atoms with Gasteiger partial charge in [-0.25, -0.2) is 4.79 Å². The van der Waals surface area contributed by atoms with Crippen LogP contribution in [0.3, 0.4) is 0 Å². The van der Waals surface area contributed by atoms with Crippen LogP contribution in [0.4, 0.5) is 0 Å². The highest BCUT2D eigenvalue weighted by Gasteiger charge is 2.36. The predicted molar refractivity (Wildman–Crippen MR) is 136 cm³/mol. The van der Waals surface area contributed by atoms with Gasteiger partial charge in [0.15, 0.2) is 11.5 Å². The minimum atomic E-state index is -1.04. The number of carboxylic acids is 1. The van der Waals surface area contributed by atoms with Gasteiger partial charge in [0.1, 0.15) is 0 Å². The average Bonchev–Trinajstić information content (AvgIpc) is 3.49. The van der Waals surface area contributed by atoms with E-state index in [0.29, 0.717) is 35.1 Å². The van der Waals surface area contributed by atoms with E-state index >= 15 is 0 Å². The number of fused-ring (bicyclic) bond motifs is 4. The van der Waals surface area contributed by atoms with Crippen LogP contribution in [0.5, 0.6) is 11.5 Å². The molecule has 180 valence electrons. The molecular formula is C28H21ClN2O5. The van der Waals surface area contributed by atoms with E-state index in [2.05, 4.69) is 4.98 Å². The summed E-state index contributed by atoms with van der Waals surface area (Å²) in [5.74, 6) is 0.312. The number of aromatic nitrogens is 1. The first-order valence-corrected chi connectivity index (χ1v) is 11.9. The van der Waals surface area contributed by atoms with Crippen LogP contribution in [0.25, 0.3) is 17.0 Å². The standard InChI is InChI=1S/C28H21ClN2O5/c29-21-12-18(28(33)34)8-7-16(21)4-3-11-31-25(32)14-20-19-5-1-2-6-22(19)30-26(20)27(31)17-9-10-23-24(13-17)36-15-35-23/h1-10,12-13,27,30H,11,14-15H2,(H,33,34). The highest BCUT2D eigenvalue weighted by molar-refractivity contribution is 6.32. The van der Waals surface area contributed by atoms with Gasteiger partial charge < -0.3 is 24.5 Å². The molecule has 36 heavy (non-hydrogen) atoms. The summed E-state index contributed by atoms with van der Waals surface area (Å²) in [5, 5.41) is 10.5. The minimum absolute atomic E-state index is 0.00638. The third kappa shape index (κ3) is 3.78. The number of hydrogen-bond acceptors (Lipinski definition) is 4. The average molecular weight is 501 g/mol. The Kier molecular flexibility index (Phi) is 5.42. The lowest BCUT2D eigenvalue weighted by Crippen LogP contribution is -2.40. The molecule has 1 atom stereocenters. The number of aromatic carboxylic acids is 1. The molecule has 0 bridgehead atoms. The van der Waals surface area contributed by atoms with Crippen molar-refractivity contribution in [3.05, 3.63) is 99.7 Å². The summed E-state index contributed by atoms with van der Waals surface area (Å²) in [5.41, 5.74) is 4.69. The Hall–Kier alpha value is -4.23. The van der Waals surface area contributed by atoms with Gasteiger partial charge in [-0.15, -0.1) is 0 Å². The molecule has 0 spiro atoms. The smallest absolute Gasteiger partial charge is 0.335 e. The first-order chi connectivity index (χ1) is 17.5. The number of nitrogens with one attached hydrogen (secondary N) is 1. The van der Waals surface area contributed by atoms with Gasteiger partial charge in [-0.05, 0) is 47.0 Å². The Bertz CT molecular complexity index is 1560. The molecule has 1 aromatic heterocycles. The molecule has 0 fully saturated rings. The zero-order chi connectivity index (χ0) is 24.8. The maximum Gasteiger partial charge on any atom is 0.335 e. The molecule has 2 N–H and O–H groups in total. The number of para-hydroxylation sites is 1. The Labute approximate surface area is 211 Å². The maximum atomic E-state index is 13.5. The number of rotatable bonds is 5. The number of amides is 1. The third-order valence-corrected chi connectivity index (χ3v) is 6.97. The number of halogens is 1. The Balaban J connectivity index is 1.38. The molecule has 7 nitrogen and oxygen atoms in total. The van der Waals surface area contributed by atoms with Gasteiger partial charge in [0.05, 0.1) is 18.0 Å². The lowest BCUT2D eigenvalue weighted by molar-refractivity contribution is -0.132. The summed E-state index contributed by atoms with van der Waals surface area (Å²) < 4.78 is 11.1.